The molecule has 0 aliphatic heterocycles. The first-order chi connectivity index (χ1) is 9.18. The molecule has 1 aromatic carbocycles. The van der Waals surface area contributed by atoms with Gasteiger partial charge in [0.15, 0.2) is 5.78 Å². The third-order valence-electron chi connectivity index (χ3n) is 3.96. The maximum atomic E-state index is 12.1. The molecule has 0 saturated heterocycles. The van der Waals surface area contributed by atoms with Crippen molar-refractivity contribution in [3.63, 3.8) is 0 Å². The van der Waals surface area contributed by atoms with Crippen molar-refractivity contribution in [1.29, 1.82) is 0 Å². The van der Waals surface area contributed by atoms with Crippen molar-refractivity contribution < 1.29 is 14.7 Å². The lowest BCUT2D eigenvalue weighted by Crippen LogP contribution is -2.12. The summed E-state index contributed by atoms with van der Waals surface area (Å²) in [6.45, 7) is 0. The molecule has 2 rings (SSSR count). The van der Waals surface area contributed by atoms with Crippen LogP contribution in [0.3, 0.4) is 0 Å². The van der Waals surface area contributed by atoms with Gasteiger partial charge in [-0.25, -0.2) is 4.79 Å². The Morgan fingerprint density at radius 2 is 1.68 bits per heavy atom. The Balaban J connectivity index is 1.97. The number of Topliss-reactive ketones (excluding diaryl/α,β-unsaturated/α-hetero) is 1. The van der Waals surface area contributed by atoms with Gasteiger partial charge in [-0.1, -0.05) is 50.3 Å². The fourth-order valence-corrected chi connectivity index (χ4v) is 2.86. The minimum atomic E-state index is -1.03. The third-order valence-corrected chi connectivity index (χ3v) is 3.96. The number of benzene rings is 1. The van der Waals surface area contributed by atoms with Gasteiger partial charge < -0.3 is 5.11 Å². The van der Waals surface area contributed by atoms with E-state index in [9.17, 15) is 9.59 Å². The van der Waals surface area contributed by atoms with Gasteiger partial charge >= 0.3 is 5.97 Å². The lowest BCUT2D eigenvalue weighted by molar-refractivity contribution is 0.0691. The minimum Gasteiger partial charge on any atom is -0.478 e. The monoisotopic (exact) mass is 260 g/mol. The van der Waals surface area contributed by atoms with Crippen molar-refractivity contribution in [1.82, 2.24) is 0 Å². The van der Waals surface area contributed by atoms with E-state index < -0.39 is 5.97 Å². The lowest BCUT2D eigenvalue weighted by Gasteiger charge is -2.21. The molecule has 0 spiro atoms. The standard InChI is InChI=1S/C16H20O3/c17-15(11-10-12-6-2-1-3-7-12)13-8-4-5-9-14(13)16(18)19/h4-5,8-9,12H,1-3,6-7,10-11H2,(H,18,19). The first-order valence-electron chi connectivity index (χ1n) is 7.04. The van der Waals surface area contributed by atoms with E-state index in [4.69, 9.17) is 5.11 Å². The van der Waals surface area contributed by atoms with Gasteiger partial charge in [0.2, 0.25) is 0 Å². The van der Waals surface area contributed by atoms with Crippen LogP contribution in [-0.2, 0) is 0 Å². The summed E-state index contributed by atoms with van der Waals surface area (Å²) in [5.41, 5.74) is 0.474. The van der Waals surface area contributed by atoms with E-state index in [0.717, 1.165) is 6.42 Å². The Morgan fingerprint density at radius 3 is 2.32 bits per heavy atom. The highest BCUT2D eigenvalue weighted by Crippen LogP contribution is 2.28. The van der Waals surface area contributed by atoms with Crippen molar-refractivity contribution in [3.05, 3.63) is 35.4 Å². The largest absolute Gasteiger partial charge is 0.478 e. The molecule has 1 aliphatic carbocycles. The second-order valence-corrected chi connectivity index (χ2v) is 5.32. The quantitative estimate of drug-likeness (QED) is 0.816. The van der Waals surface area contributed by atoms with E-state index in [0.29, 0.717) is 17.9 Å². The smallest absolute Gasteiger partial charge is 0.336 e. The minimum absolute atomic E-state index is 0.0384. The Bertz CT molecular complexity index is 459. The average Bonchev–Trinajstić information content (AvgIpc) is 2.46. The normalized spacial score (nSPS) is 16.2. The molecule has 0 unspecified atom stereocenters. The van der Waals surface area contributed by atoms with Crippen molar-refractivity contribution in [2.45, 2.75) is 44.9 Å². The molecule has 1 N–H and O–H groups in total. The van der Waals surface area contributed by atoms with E-state index in [2.05, 4.69) is 0 Å². The zero-order chi connectivity index (χ0) is 13.7. The summed E-state index contributed by atoms with van der Waals surface area (Å²) in [6, 6.07) is 6.49. The van der Waals surface area contributed by atoms with Crippen LogP contribution in [-0.4, -0.2) is 16.9 Å². The molecule has 0 aromatic heterocycles. The molecule has 0 heterocycles. The number of rotatable bonds is 5. The van der Waals surface area contributed by atoms with Crippen molar-refractivity contribution in [3.8, 4) is 0 Å². The van der Waals surface area contributed by atoms with Crippen LogP contribution in [0.1, 0.15) is 65.7 Å². The summed E-state index contributed by atoms with van der Waals surface area (Å²) in [5, 5.41) is 9.08. The van der Waals surface area contributed by atoms with Gasteiger partial charge in [-0.2, -0.15) is 0 Å². The molecular weight excluding hydrogens is 240 g/mol. The van der Waals surface area contributed by atoms with Crippen LogP contribution < -0.4 is 0 Å². The summed E-state index contributed by atoms with van der Waals surface area (Å²) < 4.78 is 0. The van der Waals surface area contributed by atoms with Crippen molar-refractivity contribution in [2.24, 2.45) is 5.92 Å². The highest BCUT2D eigenvalue weighted by atomic mass is 16.4. The van der Waals surface area contributed by atoms with Gasteiger partial charge in [0.05, 0.1) is 5.56 Å². The first kappa shape index (κ1) is 13.8. The van der Waals surface area contributed by atoms with Crippen LogP contribution in [0.15, 0.2) is 24.3 Å². The Labute approximate surface area is 113 Å². The van der Waals surface area contributed by atoms with Gasteiger partial charge in [-0.15, -0.1) is 0 Å². The molecule has 0 atom stereocenters. The molecular formula is C16H20O3. The third kappa shape index (κ3) is 3.66. The summed E-state index contributed by atoms with van der Waals surface area (Å²) in [5.74, 6) is -0.417. The molecule has 0 amide bonds. The lowest BCUT2D eigenvalue weighted by atomic mass is 9.85. The molecule has 3 nitrogen and oxygen atoms in total. The Kier molecular flexibility index (Phi) is 4.72. The summed E-state index contributed by atoms with van der Waals surface area (Å²) >= 11 is 0. The number of carbonyl (C=O) groups excluding carboxylic acids is 1. The second kappa shape index (κ2) is 6.50. The number of carboxylic acid groups (broad SMARTS) is 1. The van der Waals surface area contributed by atoms with Gasteiger partial charge in [-0.3, -0.25) is 4.79 Å². The van der Waals surface area contributed by atoms with E-state index in [-0.39, 0.29) is 11.3 Å². The van der Waals surface area contributed by atoms with Crippen LogP contribution in [0.4, 0.5) is 0 Å². The van der Waals surface area contributed by atoms with Gasteiger partial charge in [0, 0.05) is 12.0 Å². The van der Waals surface area contributed by atoms with Crippen LogP contribution in [0, 0.1) is 5.92 Å². The molecule has 1 fully saturated rings. The number of hydrogen-bond donors (Lipinski definition) is 1. The number of aromatic carboxylic acids is 1. The summed E-state index contributed by atoms with van der Waals surface area (Å²) in [7, 11) is 0. The van der Waals surface area contributed by atoms with E-state index >= 15 is 0 Å². The molecule has 0 radical (unpaired) electrons. The van der Waals surface area contributed by atoms with E-state index in [1.165, 1.54) is 38.2 Å². The predicted octanol–water partition coefficient (Wildman–Crippen LogP) is 3.93. The molecule has 3 heteroatoms. The highest BCUT2D eigenvalue weighted by molar-refractivity contribution is 6.05. The zero-order valence-corrected chi connectivity index (χ0v) is 11.1. The fourth-order valence-electron chi connectivity index (χ4n) is 2.86. The van der Waals surface area contributed by atoms with Gasteiger partial charge in [-0.05, 0) is 18.4 Å². The number of ketones is 1. The maximum absolute atomic E-state index is 12.1. The van der Waals surface area contributed by atoms with E-state index in [1.807, 2.05) is 0 Å². The Morgan fingerprint density at radius 1 is 1.05 bits per heavy atom. The van der Waals surface area contributed by atoms with Crippen molar-refractivity contribution >= 4 is 11.8 Å². The molecule has 0 bridgehead atoms. The molecule has 1 saturated carbocycles. The van der Waals surface area contributed by atoms with Gasteiger partial charge in [0.25, 0.3) is 0 Å². The highest BCUT2D eigenvalue weighted by Gasteiger charge is 2.18. The molecule has 1 aromatic rings. The summed E-state index contributed by atoms with van der Waals surface area (Å²) in [4.78, 5) is 23.2. The second-order valence-electron chi connectivity index (χ2n) is 5.32. The zero-order valence-electron chi connectivity index (χ0n) is 11.1. The molecule has 102 valence electrons. The fraction of sp³-hybridized carbons (Fsp3) is 0.500. The number of carbonyl (C=O) groups is 2. The predicted molar refractivity (Wildman–Crippen MR) is 73.5 cm³/mol. The maximum Gasteiger partial charge on any atom is 0.336 e. The topological polar surface area (TPSA) is 54.4 Å². The average molecular weight is 260 g/mol. The van der Waals surface area contributed by atoms with Gasteiger partial charge in [0.1, 0.15) is 0 Å². The first-order valence-corrected chi connectivity index (χ1v) is 7.04. The Hall–Kier alpha value is -1.64. The molecule has 19 heavy (non-hydrogen) atoms. The number of hydrogen-bond acceptors (Lipinski definition) is 2. The SMILES string of the molecule is O=C(O)c1ccccc1C(=O)CCC1CCCCC1. The van der Waals surface area contributed by atoms with E-state index in [1.54, 1.807) is 18.2 Å². The van der Waals surface area contributed by atoms with Crippen LogP contribution >= 0.6 is 0 Å². The number of carboxylic acids is 1. The van der Waals surface area contributed by atoms with Crippen LogP contribution in [0.5, 0.6) is 0 Å². The van der Waals surface area contributed by atoms with Crippen LogP contribution in [0.25, 0.3) is 0 Å². The van der Waals surface area contributed by atoms with Crippen LogP contribution in [0.2, 0.25) is 0 Å². The summed E-state index contributed by atoms with van der Waals surface area (Å²) in [6.07, 6.45) is 7.64. The molecule has 1 aliphatic rings. The van der Waals surface area contributed by atoms with Crippen molar-refractivity contribution in [2.75, 3.05) is 0 Å².